The van der Waals surface area contributed by atoms with Crippen molar-refractivity contribution in [3.05, 3.63) is 185 Å². The third kappa shape index (κ3) is 8.06. The van der Waals surface area contributed by atoms with Gasteiger partial charge >= 0.3 is 0 Å². The number of furan rings is 1. The molecule has 0 N–H and O–H groups in total. The molecule has 7 aromatic carbocycles. The second kappa shape index (κ2) is 18.1. The number of hydrogen-bond acceptors (Lipinski definition) is 4. The second-order valence-electron chi connectivity index (χ2n) is 18.5. The molecule has 0 bridgehead atoms. The van der Waals surface area contributed by atoms with Crippen molar-refractivity contribution in [2.24, 2.45) is 0 Å². The molecular formula is C59H50F2IrN4OSi-2. The van der Waals surface area contributed by atoms with Crippen molar-refractivity contribution in [3.63, 3.8) is 0 Å². The predicted molar refractivity (Wildman–Crippen MR) is 275 cm³/mol. The molecule has 0 unspecified atom stereocenters. The molecule has 11 rings (SSSR count). The van der Waals surface area contributed by atoms with Gasteiger partial charge in [-0.15, -0.1) is 35.9 Å². The van der Waals surface area contributed by atoms with Crippen molar-refractivity contribution >= 4 is 67.9 Å². The first-order valence-electron chi connectivity index (χ1n) is 24.3. The molecule has 0 fully saturated rings. The molecule has 0 aliphatic carbocycles. The zero-order valence-electron chi connectivity index (χ0n) is 43.0. The van der Waals surface area contributed by atoms with Gasteiger partial charge in [-0.2, -0.15) is 0 Å². The van der Waals surface area contributed by atoms with Crippen LogP contribution in [0.15, 0.2) is 138 Å². The molecular weight excluding hydrogens is 1040 g/mol. The molecule has 0 amide bonds. The van der Waals surface area contributed by atoms with Crippen LogP contribution in [0.3, 0.4) is 0 Å². The van der Waals surface area contributed by atoms with Crippen LogP contribution in [0.5, 0.6) is 0 Å². The van der Waals surface area contributed by atoms with Gasteiger partial charge in [0.2, 0.25) is 5.71 Å². The molecule has 0 aliphatic rings. The van der Waals surface area contributed by atoms with Crippen LogP contribution in [0.4, 0.5) is 8.78 Å². The van der Waals surface area contributed by atoms with Gasteiger partial charge < -0.3 is 14.0 Å². The fourth-order valence-corrected chi connectivity index (χ4v) is 11.0. The molecule has 68 heavy (non-hydrogen) atoms. The summed E-state index contributed by atoms with van der Waals surface area (Å²) in [6.07, 6.45) is 1.71. The van der Waals surface area contributed by atoms with Crippen molar-refractivity contribution in [3.8, 4) is 39.6 Å². The summed E-state index contributed by atoms with van der Waals surface area (Å²) in [6.45, 7) is 13.5. The molecule has 9 heteroatoms. The molecule has 0 spiro atoms. The summed E-state index contributed by atoms with van der Waals surface area (Å²) in [4.78, 5) is 14.7. The maximum absolute atomic E-state index is 14.7. The monoisotopic (exact) mass is 1090 g/mol. The SMILES string of the molecule is Cc1cc(F)cc(C)c1-n1c(-c2[c-]cc(C)c3c2oc2nc(-c4ccccc4)ccc23)nc2c3ccccc3c3ccccc3c21.[2H]C([2H])([2H])c1cc[c-]c(-c2cc(C([2H])(C)C)c([Si](C)(C)C)cn2)c1F.[Ir]. The van der Waals surface area contributed by atoms with E-state index in [1.165, 1.54) is 12.1 Å². The van der Waals surface area contributed by atoms with Crippen molar-refractivity contribution in [1.82, 2.24) is 19.5 Å². The minimum Gasteiger partial charge on any atom is -0.486 e. The van der Waals surface area contributed by atoms with Crippen LogP contribution in [-0.2, 0) is 20.1 Å². The quantitative estimate of drug-likeness (QED) is 0.0946. The van der Waals surface area contributed by atoms with Crippen molar-refractivity contribution in [1.29, 1.82) is 0 Å². The van der Waals surface area contributed by atoms with E-state index < -0.39 is 26.6 Å². The molecule has 1 radical (unpaired) electrons. The maximum atomic E-state index is 14.7. The van der Waals surface area contributed by atoms with Crippen LogP contribution in [0.1, 0.15) is 53.0 Å². The van der Waals surface area contributed by atoms with E-state index in [0.717, 1.165) is 93.3 Å². The van der Waals surface area contributed by atoms with Gasteiger partial charge in [0, 0.05) is 65.0 Å². The Morgan fingerprint density at radius 3 is 2.04 bits per heavy atom. The van der Waals surface area contributed by atoms with Crippen molar-refractivity contribution in [2.45, 2.75) is 67.0 Å². The van der Waals surface area contributed by atoms with E-state index in [-0.39, 0.29) is 37.0 Å². The van der Waals surface area contributed by atoms with Crippen LogP contribution in [0.25, 0.3) is 94.2 Å². The summed E-state index contributed by atoms with van der Waals surface area (Å²) < 4.78 is 69.2. The second-order valence-corrected chi connectivity index (χ2v) is 23.5. The first kappa shape index (κ1) is 41.5. The number of hydrogen-bond donors (Lipinski definition) is 0. The fraction of sp³-hybridized carbons (Fsp3) is 0.169. The van der Waals surface area contributed by atoms with E-state index in [4.69, 9.17) is 19.9 Å². The van der Waals surface area contributed by atoms with Crippen LogP contribution in [0.2, 0.25) is 19.6 Å². The van der Waals surface area contributed by atoms with Gasteiger partial charge in [-0.25, -0.2) is 9.37 Å². The van der Waals surface area contributed by atoms with Crippen LogP contribution in [0, 0.1) is 51.4 Å². The smallest absolute Gasteiger partial charge is 0.216 e. The number of benzene rings is 7. The molecule has 4 aromatic heterocycles. The topological polar surface area (TPSA) is 56.7 Å². The van der Waals surface area contributed by atoms with Gasteiger partial charge in [0.1, 0.15) is 5.82 Å². The Hall–Kier alpha value is -6.64. The van der Waals surface area contributed by atoms with Gasteiger partial charge in [-0.05, 0) is 76.8 Å². The number of halogens is 2. The summed E-state index contributed by atoms with van der Waals surface area (Å²) in [5.41, 5.74) is 10.0. The summed E-state index contributed by atoms with van der Waals surface area (Å²) in [5.74, 6) is -1.28. The van der Waals surface area contributed by atoms with E-state index in [0.29, 0.717) is 22.8 Å². The summed E-state index contributed by atoms with van der Waals surface area (Å²) in [6, 6.07) is 46.9. The number of pyridine rings is 2. The Bertz CT molecular complexity index is 3890. The van der Waals surface area contributed by atoms with Gasteiger partial charge in [-0.3, -0.25) is 9.37 Å². The molecule has 0 saturated carbocycles. The first-order valence-corrected chi connectivity index (χ1v) is 25.8. The van der Waals surface area contributed by atoms with Crippen LogP contribution in [-0.4, -0.2) is 27.6 Å². The van der Waals surface area contributed by atoms with E-state index in [9.17, 15) is 8.78 Å². The number of fused-ring (bicyclic) bond motifs is 9. The van der Waals surface area contributed by atoms with Crippen molar-refractivity contribution in [2.75, 3.05) is 0 Å². The number of aromatic nitrogens is 4. The van der Waals surface area contributed by atoms with Crippen LogP contribution >= 0.6 is 0 Å². The minimum atomic E-state index is -2.54. The zero-order valence-corrected chi connectivity index (χ0v) is 42.4. The average Bonchev–Trinajstić information content (AvgIpc) is 3.91. The standard InChI is InChI=1S/C41H27FN3O.C18H23FNSi.Ir/c1-23-17-18-33(39-35(23)32-19-20-34(43-41(32)46-39)26-11-5-4-6-12-26)40-44-36-30-15-9-7-13-28(30)29-14-8-10-16-31(29)38(36)45(40)37-24(2)21-27(42)22-25(37)3;1-12(2)15-10-16(20-11-17(15)21(4,5)6)14-9-7-8-13(3)18(14)19;/h4-17,19-22H,1-3H3;7-8,10-12H,1-6H3;/q2*-1;/i;3D3,12D;. The number of nitrogens with zero attached hydrogens (tertiary/aromatic N) is 4. The van der Waals surface area contributed by atoms with Gasteiger partial charge in [-0.1, -0.05) is 160 Å². The van der Waals surface area contributed by atoms with Crippen LogP contribution < -0.4 is 5.19 Å². The normalized spacial score (nSPS) is 13.0. The first-order chi connectivity index (χ1) is 33.7. The average molecular weight is 1090 g/mol. The van der Waals surface area contributed by atoms with Crippen molar-refractivity contribution < 1.29 is 38.8 Å². The Morgan fingerprint density at radius 2 is 1.37 bits per heavy atom. The number of rotatable bonds is 6. The molecule has 0 atom stereocenters. The third-order valence-corrected chi connectivity index (χ3v) is 14.6. The van der Waals surface area contributed by atoms with Gasteiger partial charge in [0.15, 0.2) is 0 Å². The Kier molecular flexibility index (Phi) is 11.1. The van der Waals surface area contributed by atoms with E-state index in [1.54, 1.807) is 38.2 Å². The zero-order chi connectivity index (χ0) is 50.3. The maximum Gasteiger partial charge on any atom is 0.216 e. The summed E-state index contributed by atoms with van der Waals surface area (Å²) in [7, 11) is -1.74. The third-order valence-electron chi connectivity index (χ3n) is 12.6. The Morgan fingerprint density at radius 1 is 0.706 bits per heavy atom. The minimum absolute atomic E-state index is 0. The Labute approximate surface area is 415 Å². The van der Waals surface area contributed by atoms with E-state index in [1.807, 2.05) is 56.3 Å². The molecule has 11 aromatic rings. The van der Waals surface area contributed by atoms with Gasteiger partial charge in [0.05, 0.1) is 36.2 Å². The summed E-state index contributed by atoms with van der Waals surface area (Å²) >= 11 is 0. The van der Waals surface area contributed by atoms with E-state index in [2.05, 4.69) is 103 Å². The number of aryl methyl sites for hydroxylation is 4. The number of imidazole rings is 1. The molecule has 0 aliphatic heterocycles. The fourth-order valence-electron chi connectivity index (χ4n) is 9.42. The van der Waals surface area contributed by atoms with Gasteiger partial charge in [0.25, 0.3) is 0 Å². The molecule has 0 saturated heterocycles. The van der Waals surface area contributed by atoms with E-state index >= 15 is 0 Å². The molecule has 5 nitrogen and oxygen atoms in total. The summed E-state index contributed by atoms with van der Waals surface area (Å²) in [5, 5.41) is 7.36. The Balaban J connectivity index is 0.000000210. The largest absolute Gasteiger partial charge is 0.486 e. The molecule has 341 valence electrons. The molecule has 4 heterocycles. The predicted octanol–water partition coefficient (Wildman–Crippen LogP) is 15.5.